The first-order valence-electron chi connectivity index (χ1n) is 7.52. The number of benzene rings is 1. The number of carbonyl (C=O) groups excluding carboxylic acids is 2. The first-order valence-corrected chi connectivity index (χ1v) is 7.52. The summed E-state index contributed by atoms with van der Waals surface area (Å²) < 4.78 is 5.37. The maximum atomic E-state index is 12.5. The number of amides is 2. The Morgan fingerprint density at radius 2 is 2.04 bits per heavy atom. The number of nitrogens with one attached hydrogen (secondary N) is 1. The van der Waals surface area contributed by atoms with Gasteiger partial charge in [0.05, 0.1) is 11.1 Å². The lowest BCUT2D eigenvalue weighted by molar-refractivity contribution is -0.125. The number of hydrogen-bond donors (Lipinski definition) is 2. The highest BCUT2D eigenvalue weighted by Crippen LogP contribution is 2.34. The minimum atomic E-state index is -0.561. The van der Waals surface area contributed by atoms with Crippen molar-refractivity contribution in [3.8, 4) is 5.75 Å². The molecule has 3 N–H and O–H groups in total. The van der Waals surface area contributed by atoms with Crippen molar-refractivity contribution in [1.29, 1.82) is 0 Å². The zero-order valence-electron chi connectivity index (χ0n) is 13.7. The Labute approximate surface area is 142 Å². The summed E-state index contributed by atoms with van der Waals surface area (Å²) in [6.07, 6.45) is 1.36. The van der Waals surface area contributed by atoms with E-state index in [9.17, 15) is 9.59 Å². The van der Waals surface area contributed by atoms with Crippen LogP contribution in [0.2, 0.25) is 0 Å². The normalized spacial score (nSPS) is 13.7. The lowest BCUT2D eigenvalue weighted by Gasteiger charge is -2.29. The van der Waals surface area contributed by atoms with Crippen LogP contribution in [0.1, 0.15) is 26.7 Å². The van der Waals surface area contributed by atoms with E-state index in [0.29, 0.717) is 36.5 Å². The zero-order valence-corrected chi connectivity index (χ0v) is 14.5. The number of fused-ring (bicyclic) bond motifs is 1. The molecule has 1 aliphatic rings. The second-order valence-electron chi connectivity index (χ2n) is 5.57. The Balaban J connectivity index is 0.00000264. The van der Waals surface area contributed by atoms with Crippen LogP contribution in [-0.2, 0) is 9.59 Å². The third-order valence-electron chi connectivity index (χ3n) is 4.53. The number of nitrogens with zero attached hydrogens (tertiary/aromatic N) is 1. The number of carbonyl (C=O) groups is 2. The van der Waals surface area contributed by atoms with Gasteiger partial charge in [0, 0.05) is 19.3 Å². The van der Waals surface area contributed by atoms with Crippen molar-refractivity contribution < 1.29 is 14.3 Å². The van der Waals surface area contributed by atoms with Crippen LogP contribution in [0.5, 0.6) is 5.75 Å². The van der Waals surface area contributed by atoms with Gasteiger partial charge in [-0.2, -0.15) is 0 Å². The molecule has 2 amide bonds. The Morgan fingerprint density at radius 3 is 2.61 bits per heavy atom. The zero-order chi connectivity index (χ0) is 16.3. The molecule has 2 rings (SSSR count). The molecule has 0 radical (unpaired) electrons. The molecule has 23 heavy (non-hydrogen) atoms. The molecule has 0 atom stereocenters. The topological polar surface area (TPSA) is 84.7 Å². The molecule has 0 aromatic heterocycles. The average molecular weight is 342 g/mol. The maximum Gasteiger partial charge on any atom is 0.264 e. The summed E-state index contributed by atoms with van der Waals surface area (Å²) in [5.74, 6) is 0.427. The van der Waals surface area contributed by atoms with E-state index in [1.54, 1.807) is 25.2 Å². The van der Waals surface area contributed by atoms with E-state index < -0.39 is 5.41 Å². The van der Waals surface area contributed by atoms with Crippen LogP contribution < -0.4 is 20.7 Å². The first-order chi connectivity index (χ1) is 10.5. The number of likely N-dealkylation sites (N-methyl/N-ethyl adjacent to an activating group) is 1. The van der Waals surface area contributed by atoms with E-state index in [4.69, 9.17) is 10.5 Å². The first kappa shape index (κ1) is 19.3. The summed E-state index contributed by atoms with van der Waals surface area (Å²) >= 11 is 0. The van der Waals surface area contributed by atoms with E-state index in [2.05, 4.69) is 5.32 Å². The second-order valence-corrected chi connectivity index (χ2v) is 5.57. The van der Waals surface area contributed by atoms with Gasteiger partial charge in [-0.3, -0.25) is 9.59 Å². The van der Waals surface area contributed by atoms with Crippen molar-refractivity contribution in [3.05, 3.63) is 18.2 Å². The third kappa shape index (κ3) is 3.59. The minimum Gasteiger partial charge on any atom is -0.482 e. The molecule has 1 heterocycles. The van der Waals surface area contributed by atoms with Crippen LogP contribution in [0.25, 0.3) is 0 Å². The minimum absolute atomic E-state index is 0. The van der Waals surface area contributed by atoms with Gasteiger partial charge in [-0.15, -0.1) is 12.4 Å². The number of ether oxygens (including phenoxy) is 1. The highest BCUT2D eigenvalue weighted by atomic mass is 35.5. The van der Waals surface area contributed by atoms with Crippen molar-refractivity contribution in [2.75, 3.05) is 30.4 Å². The molecule has 0 aliphatic carbocycles. The molecule has 0 spiro atoms. The van der Waals surface area contributed by atoms with Gasteiger partial charge in [0.15, 0.2) is 6.61 Å². The van der Waals surface area contributed by atoms with Crippen LogP contribution in [0.3, 0.4) is 0 Å². The fourth-order valence-electron chi connectivity index (χ4n) is 2.57. The molecule has 0 bridgehead atoms. The lowest BCUT2D eigenvalue weighted by Crippen LogP contribution is -2.41. The summed E-state index contributed by atoms with van der Waals surface area (Å²) in [6, 6.07) is 5.28. The maximum absolute atomic E-state index is 12.5. The molecule has 1 aromatic rings. The summed E-state index contributed by atoms with van der Waals surface area (Å²) in [6.45, 7) is 4.27. The summed E-state index contributed by atoms with van der Waals surface area (Å²) in [4.78, 5) is 25.8. The van der Waals surface area contributed by atoms with Gasteiger partial charge in [-0.05, 0) is 31.0 Å². The van der Waals surface area contributed by atoms with Crippen molar-refractivity contribution in [1.82, 2.24) is 0 Å². The lowest BCUT2D eigenvalue weighted by atomic mass is 9.81. The smallest absolute Gasteiger partial charge is 0.264 e. The van der Waals surface area contributed by atoms with Crippen LogP contribution in [0.4, 0.5) is 11.4 Å². The van der Waals surface area contributed by atoms with Crippen LogP contribution in [0.15, 0.2) is 18.2 Å². The summed E-state index contributed by atoms with van der Waals surface area (Å²) in [7, 11) is 1.69. The molecular weight excluding hydrogens is 318 g/mol. The van der Waals surface area contributed by atoms with Crippen molar-refractivity contribution in [3.63, 3.8) is 0 Å². The van der Waals surface area contributed by atoms with E-state index in [-0.39, 0.29) is 30.8 Å². The van der Waals surface area contributed by atoms with E-state index in [1.807, 2.05) is 13.8 Å². The van der Waals surface area contributed by atoms with Gasteiger partial charge in [-0.1, -0.05) is 13.8 Å². The molecule has 0 saturated carbocycles. The van der Waals surface area contributed by atoms with Gasteiger partial charge in [-0.25, -0.2) is 0 Å². The second kappa shape index (κ2) is 7.66. The quantitative estimate of drug-likeness (QED) is 0.859. The number of rotatable bonds is 5. The number of halogens is 1. The van der Waals surface area contributed by atoms with Gasteiger partial charge >= 0.3 is 0 Å². The highest BCUT2D eigenvalue weighted by molar-refractivity contribution is 6.00. The summed E-state index contributed by atoms with van der Waals surface area (Å²) in [5.41, 5.74) is 6.53. The Hall–Kier alpha value is -1.79. The Bertz CT molecular complexity index is 580. The predicted molar refractivity (Wildman–Crippen MR) is 93.3 cm³/mol. The Morgan fingerprint density at radius 1 is 1.39 bits per heavy atom. The number of nitrogens with two attached hydrogens (primary N) is 1. The van der Waals surface area contributed by atoms with Gasteiger partial charge < -0.3 is 20.7 Å². The van der Waals surface area contributed by atoms with Crippen molar-refractivity contribution in [2.24, 2.45) is 11.1 Å². The molecule has 0 saturated heterocycles. The largest absolute Gasteiger partial charge is 0.482 e. The monoisotopic (exact) mass is 341 g/mol. The third-order valence-corrected chi connectivity index (χ3v) is 4.53. The van der Waals surface area contributed by atoms with Crippen LogP contribution >= 0.6 is 12.4 Å². The van der Waals surface area contributed by atoms with Crippen LogP contribution in [-0.4, -0.2) is 32.0 Å². The van der Waals surface area contributed by atoms with E-state index in [0.717, 1.165) is 0 Å². The van der Waals surface area contributed by atoms with Gasteiger partial charge in [0.2, 0.25) is 5.91 Å². The summed E-state index contributed by atoms with van der Waals surface area (Å²) in [5, 5.41) is 2.91. The molecule has 128 valence electrons. The standard InChI is InChI=1S/C16H23N3O3.ClH/c1-4-16(5-2,10-17)15(21)18-11-6-7-13-12(8-11)19(3)14(20)9-22-13;/h6-8H,4-5,9-10,17H2,1-3H3,(H,18,21);1H. The molecule has 0 fully saturated rings. The van der Waals surface area contributed by atoms with Crippen molar-refractivity contribution in [2.45, 2.75) is 26.7 Å². The Kier molecular flexibility index (Phi) is 6.41. The molecule has 0 unspecified atom stereocenters. The van der Waals surface area contributed by atoms with E-state index in [1.165, 1.54) is 4.90 Å². The molecule has 1 aromatic carbocycles. The van der Waals surface area contributed by atoms with E-state index >= 15 is 0 Å². The number of anilines is 2. The fraction of sp³-hybridized carbons (Fsp3) is 0.500. The molecule has 7 heteroatoms. The highest BCUT2D eigenvalue weighted by Gasteiger charge is 2.33. The molecular formula is C16H24ClN3O3. The average Bonchev–Trinajstić information content (AvgIpc) is 2.54. The van der Waals surface area contributed by atoms with Gasteiger partial charge in [0.25, 0.3) is 5.91 Å². The predicted octanol–water partition coefficient (Wildman–Crippen LogP) is 2.17. The van der Waals surface area contributed by atoms with Gasteiger partial charge in [0.1, 0.15) is 5.75 Å². The van der Waals surface area contributed by atoms with Crippen LogP contribution in [0, 0.1) is 5.41 Å². The fourth-order valence-corrected chi connectivity index (χ4v) is 2.57. The molecule has 1 aliphatic heterocycles. The molecule has 6 nitrogen and oxygen atoms in total. The van der Waals surface area contributed by atoms with Crippen molar-refractivity contribution >= 4 is 35.6 Å². The SMILES string of the molecule is CCC(CC)(CN)C(=O)Nc1ccc2c(c1)N(C)C(=O)CO2.Cl. The number of hydrogen-bond acceptors (Lipinski definition) is 4.